The number of likely N-dealkylation sites (tertiary alicyclic amines) is 1. The minimum Gasteiger partial charge on any atom is -0.480 e. The molecule has 1 rings (SSSR count). The summed E-state index contributed by atoms with van der Waals surface area (Å²) >= 11 is 0. The zero-order valence-corrected chi connectivity index (χ0v) is 12.1. The lowest BCUT2D eigenvalue weighted by molar-refractivity contribution is -0.142. The molecule has 0 aromatic heterocycles. The minimum atomic E-state index is -0.922. The first-order valence-electron chi connectivity index (χ1n) is 6.73. The van der Waals surface area contributed by atoms with Crippen LogP contribution in [0.15, 0.2) is 0 Å². The zero-order valence-electron chi connectivity index (χ0n) is 12.1. The van der Waals surface area contributed by atoms with Gasteiger partial charge in [0.1, 0.15) is 6.04 Å². The molecule has 3 unspecified atom stereocenters. The van der Waals surface area contributed by atoms with Gasteiger partial charge < -0.3 is 19.6 Å². The Kier molecular flexibility index (Phi) is 5.60. The molecule has 0 aromatic rings. The van der Waals surface area contributed by atoms with Gasteiger partial charge in [0.05, 0.1) is 12.6 Å². The van der Waals surface area contributed by atoms with Crippen LogP contribution in [0.1, 0.15) is 27.2 Å². The van der Waals surface area contributed by atoms with Gasteiger partial charge in [-0.3, -0.25) is 0 Å². The van der Waals surface area contributed by atoms with Gasteiger partial charge in [-0.15, -0.1) is 0 Å². The average molecular weight is 272 g/mol. The third-order valence-electron chi connectivity index (χ3n) is 3.73. The number of ether oxygens (including phenoxy) is 1. The molecular formula is C13H24N2O4. The molecular weight excluding hydrogens is 248 g/mol. The number of hydrogen-bond acceptors (Lipinski definition) is 3. The van der Waals surface area contributed by atoms with Crippen molar-refractivity contribution >= 4 is 12.0 Å². The quantitative estimate of drug-likeness (QED) is 0.818. The molecule has 0 aliphatic carbocycles. The number of urea groups is 1. The lowest BCUT2D eigenvalue weighted by Crippen LogP contribution is -2.52. The Hall–Kier alpha value is -1.30. The van der Waals surface area contributed by atoms with Crippen molar-refractivity contribution in [3.8, 4) is 0 Å². The summed E-state index contributed by atoms with van der Waals surface area (Å²) in [7, 11) is 1.59. The number of carboxylic acid groups (broad SMARTS) is 1. The van der Waals surface area contributed by atoms with E-state index in [1.807, 2.05) is 20.8 Å². The molecule has 3 atom stereocenters. The highest BCUT2D eigenvalue weighted by Gasteiger charge is 2.41. The van der Waals surface area contributed by atoms with E-state index in [9.17, 15) is 14.7 Å². The molecule has 0 spiro atoms. The summed E-state index contributed by atoms with van der Waals surface area (Å²) in [5.41, 5.74) is 0. The van der Waals surface area contributed by atoms with E-state index >= 15 is 0 Å². The van der Waals surface area contributed by atoms with Gasteiger partial charge in [0.15, 0.2) is 0 Å². The highest BCUT2D eigenvalue weighted by molar-refractivity contribution is 5.83. The van der Waals surface area contributed by atoms with Gasteiger partial charge in [-0.05, 0) is 26.2 Å². The van der Waals surface area contributed by atoms with Crippen molar-refractivity contribution < 1.29 is 19.4 Å². The van der Waals surface area contributed by atoms with E-state index in [1.165, 1.54) is 4.90 Å². The molecule has 6 heteroatoms. The average Bonchev–Trinajstić information content (AvgIpc) is 2.72. The molecule has 1 saturated heterocycles. The van der Waals surface area contributed by atoms with E-state index in [-0.39, 0.29) is 18.0 Å². The second-order valence-corrected chi connectivity index (χ2v) is 5.12. The first kappa shape index (κ1) is 15.8. The number of aliphatic carboxylic acids is 1. The summed E-state index contributed by atoms with van der Waals surface area (Å²) in [6.45, 7) is 7.16. The van der Waals surface area contributed by atoms with Gasteiger partial charge in [-0.25, -0.2) is 9.59 Å². The molecule has 1 aliphatic rings. The minimum absolute atomic E-state index is 0.00196. The van der Waals surface area contributed by atoms with Crippen molar-refractivity contribution in [2.75, 3.05) is 26.8 Å². The Balaban J connectivity index is 2.82. The van der Waals surface area contributed by atoms with Gasteiger partial charge in [0, 0.05) is 20.2 Å². The lowest BCUT2D eigenvalue weighted by Gasteiger charge is -2.34. The van der Waals surface area contributed by atoms with Crippen LogP contribution in [0, 0.1) is 5.92 Å². The van der Waals surface area contributed by atoms with Crippen molar-refractivity contribution in [3.63, 3.8) is 0 Å². The smallest absolute Gasteiger partial charge is 0.326 e. The predicted octanol–water partition coefficient (Wildman–Crippen LogP) is 1.26. The van der Waals surface area contributed by atoms with Gasteiger partial charge in [-0.2, -0.15) is 0 Å². The Morgan fingerprint density at radius 3 is 2.63 bits per heavy atom. The van der Waals surface area contributed by atoms with E-state index in [0.717, 1.165) is 6.42 Å². The van der Waals surface area contributed by atoms with Crippen LogP contribution < -0.4 is 0 Å². The molecule has 0 saturated carbocycles. The standard InChI is InChI=1S/C13H24N2O4/c1-5-14(10(3)8-19-4)13(18)15-7-6-9(2)11(15)12(16)17/h9-11H,5-8H2,1-4H3,(H,16,17). The number of hydrogen-bond donors (Lipinski definition) is 1. The molecule has 6 nitrogen and oxygen atoms in total. The van der Waals surface area contributed by atoms with Crippen LogP contribution in [0.2, 0.25) is 0 Å². The second kappa shape index (κ2) is 6.75. The number of carbonyl (C=O) groups excluding carboxylic acids is 1. The van der Waals surface area contributed by atoms with Crippen LogP contribution in [0.4, 0.5) is 4.79 Å². The Labute approximate surface area is 114 Å². The molecule has 1 heterocycles. The number of likely N-dealkylation sites (N-methyl/N-ethyl adjacent to an activating group) is 1. The number of nitrogens with zero attached hydrogens (tertiary/aromatic N) is 2. The SMILES string of the molecule is CCN(C(=O)N1CCC(C)C1C(=O)O)C(C)COC. The number of amides is 2. The lowest BCUT2D eigenvalue weighted by atomic mass is 10.0. The Morgan fingerprint density at radius 2 is 2.16 bits per heavy atom. The maximum absolute atomic E-state index is 12.5. The van der Waals surface area contributed by atoms with E-state index in [2.05, 4.69) is 0 Å². The van der Waals surface area contributed by atoms with E-state index in [4.69, 9.17) is 4.74 Å². The van der Waals surface area contributed by atoms with Crippen LogP contribution in [-0.4, -0.2) is 65.8 Å². The number of carbonyl (C=O) groups is 2. The van der Waals surface area contributed by atoms with E-state index < -0.39 is 12.0 Å². The number of methoxy groups -OCH3 is 1. The van der Waals surface area contributed by atoms with Gasteiger partial charge in [0.2, 0.25) is 0 Å². The van der Waals surface area contributed by atoms with Gasteiger partial charge >= 0.3 is 12.0 Å². The summed E-state index contributed by atoms with van der Waals surface area (Å²) in [5.74, 6) is -0.924. The topological polar surface area (TPSA) is 70.1 Å². The first-order valence-corrected chi connectivity index (χ1v) is 6.73. The van der Waals surface area contributed by atoms with Crippen molar-refractivity contribution in [2.24, 2.45) is 5.92 Å². The molecule has 0 bridgehead atoms. The monoisotopic (exact) mass is 272 g/mol. The third kappa shape index (κ3) is 3.37. The molecule has 1 aliphatic heterocycles. The molecule has 19 heavy (non-hydrogen) atoms. The highest BCUT2D eigenvalue weighted by atomic mass is 16.5. The van der Waals surface area contributed by atoms with Crippen molar-refractivity contribution in [2.45, 2.75) is 39.3 Å². The maximum atomic E-state index is 12.5. The van der Waals surface area contributed by atoms with Crippen molar-refractivity contribution in [1.29, 1.82) is 0 Å². The van der Waals surface area contributed by atoms with Crippen LogP contribution in [0.5, 0.6) is 0 Å². The molecule has 1 N–H and O–H groups in total. The maximum Gasteiger partial charge on any atom is 0.326 e. The van der Waals surface area contributed by atoms with Crippen molar-refractivity contribution in [1.82, 2.24) is 9.80 Å². The Morgan fingerprint density at radius 1 is 1.53 bits per heavy atom. The summed E-state index contributed by atoms with van der Waals surface area (Å²) in [5, 5.41) is 9.26. The largest absolute Gasteiger partial charge is 0.480 e. The molecule has 110 valence electrons. The summed E-state index contributed by atoms with van der Waals surface area (Å²) in [6, 6.07) is -0.979. The zero-order chi connectivity index (χ0) is 14.6. The van der Waals surface area contributed by atoms with Crippen LogP contribution in [0.25, 0.3) is 0 Å². The van der Waals surface area contributed by atoms with Crippen LogP contribution >= 0.6 is 0 Å². The fraction of sp³-hybridized carbons (Fsp3) is 0.846. The number of carboxylic acids is 1. The fourth-order valence-electron chi connectivity index (χ4n) is 2.67. The van der Waals surface area contributed by atoms with Crippen molar-refractivity contribution in [3.05, 3.63) is 0 Å². The predicted molar refractivity (Wildman–Crippen MR) is 71.0 cm³/mol. The fourth-order valence-corrected chi connectivity index (χ4v) is 2.67. The molecule has 1 fully saturated rings. The van der Waals surface area contributed by atoms with Gasteiger partial charge in [-0.1, -0.05) is 6.92 Å². The normalized spacial score (nSPS) is 24.3. The molecule has 0 radical (unpaired) electrons. The van der Waals surface area contributed by atoms with Crippen LogP contribution in [0.3, 0.4) is 0 Å². The Bertz CT molecular complexity index is 335. The second-order valence-electron chi connectivity index (χ2n) is 5.12. The summed E-state index contributed by atoms with van der Waals surface area (Å²) < 4.78 is 5.07. The van der Waals surface area contributed by atoms with E-state index in [0.29, 0.717) is 19.7 Å². The molecule has 0 aromatic carbocycles. The van der Waals surface area contributed by atoms with Crippen LogP contribution in [-0.2, 0) is 9.53 Å². The van der Waals surface area contributed by atoms with Gasteiger partial charge in [0.25, 0.3) is 0 Å². The number of rotatable bonds is 5. The first-order chi connectivity index (χ1) is 8.93. The third-order valence-corrected chi connectivity index (χ3v) is 3.73. The van der Waals surface area contributed by atoms with E-state index in [1.54, 1.807) is 12.0 Å². The summed E-state index contributed by atoms with van der Waals surface area (Å²) in [6.07, 6.45) is 0.735. The highest BCUT2D eigenvalue weighted by Crippen LogP contribution is 2.25. The summed E-state index contributed by atoms with van der Waals surface area (Å²) in [4.78, 5) is 26.9. The molecule has 2 amide bonds.